The molecule has 0 fully saturated rings. The molecule has 0 amide bonds. The number of hydrogen-bond donors (Lipinski definition) is 2. The number of fused-ring (bicyclic) bond motifs is 1. The van der Waals surface area contributed by atoms with Crippen molar-refractivity contribution in [2.24, 2.45) is 0 Å². The Morgan fingerprint density at radius 1 is 1.44 bits per heavy atom. The van der Waals surface area contributed by atoms with E-state index in [2.05, 4.69) is 0 Å². The number of aliphatic carboxylic acids is 1. The van der Waals surface area contributed by atoms with Crippen LogP contribution in [0.2, 0.25) is 0 Å². The molecule has 1 aromatic carbocycles. The van der Waals surface area contributed by atoms with Crippen LogP contribution in [0, 0.1) is 0 Å². The zero-order valence-corrected chi connectivity index (χ0v) is 10.5. The van der Waals surface area contributed by atoms with E-state index in [-0.39, 0.29) is 0 Å². The van der Waals surface area contributed by atoms with E-state index in [1.54, 1.807) is 6.92 Å². The van der Waals surface area contributed by atoms with E-state index < -0.39 is 18.1 Å². The molecular formula is C14H19NO3. The van der Waals surface area contributed by atoms with Crippen LogP contribution in [0.5, 0.6) is 0 Å². The molecule has 98 valence electrons. The Bertz CT molecular complexity index is 431. The normalized spacial score (nSPS) is 21.3. The minimum absolute atomic E-state index is 0.392. The maximum atomic E-state index is 11.3. The molecule has 18 heavy (non-hydrogen) atoms. The highest BCUT2D eigenvalue weighted by molar-refractivity contribution is 5.74. The van der Waals surface area contributed by atoms with Gasteiger partial charge >= 0.3 is 5.97 Å². The smallest absolute Gasteiger partial charge is 0.321 e. The first-order valence-corrected chi connectivity index (χ1v) is 6.29. The van der Waals surface area contributed by atoms with Crippen molar-refractivity contribution in [3.8, 4) is 0 Å². The first-order valence-electron chi connectivity index (χ1n) is 6.29. The number of benzene rings is 1. The summed E-state index contributed by atoms with van der Waals surface area (Å²) in [4.78, 5) is 13.3. The van der Waals surface area contributed by atoms with Crippen LogP contribution in [-0.4, -0.2) is 39.8 Å². The van der Waals surface area contributed by atoms with Gasteiger partial charge in [0.1, 0.15) is 6.04 Å². The highest BCUT2D eigenvalue weighted by Gasteiger charge is 2.30. The molecule has 1 aliphatic rings. The van der Waals surface area contributed by atoms with Gasteiger partial charge in [-0.05, 0) is 30.9 Å². The van der Waals surface area contributed by atoms with Gasteiger partial charge in [0.05, 0.1) is 6.10 Å². The van der Waals surface area contributed by atoms with Gasteiger partial charge in [0.15, 0.2) is 0 Å². The van der Waals surface area contributed by atoms with Gasteiger partial charge < -0.3 is 10.2 Å². The lowest BCUT2D eigenvalue weighted by molar-refractivity contribution is -0.144. The second-order valence-corrected chi connectivity index (χ2v) is 4.94. The molecule has 1 heterocycles. The van der Waals surface area contributed by atoms with Gasteiger partial charge in [-0.3, -0.25) is 9.69 Å². The van der Waals surface area contributed by atoms with Crippen molar-refractivity contribution in [1.29, 1.82) is 0 Å². The Hall–Kier alpha value is -1.39. The van der Waals surface area contributed by atoms with Crippen LogP contribution in [0.3, 0.4) is 0 Å². The van der Waals surface area contributed by atoms with Crippen LogP contribution >= 0.6 is 0 Å². The summed E-state index contributed by atoms with van der Waals surface area (Å²) in [6, 6.07) is 7.49. The minimum Gasteiger partial charge on any atom is -0.480 e. The Morgan fingerprint density at radius 2 is 2.11 bits per heavy atom. The van der Waals surface area contributed by atoms with Crippen molar-refractivity contribution >= 4 is 5.97 Å². The molecule has 4 nitrogen and oxygen atoms in total. The van der Waals surface area contributed by atoms with E-state index >= 15 is 0 Å². The number of aliphatic hydroxyl groups excluding tert-OH is 1. The molecule has 0 aromatic heterocycles. The Kier molecular flexibility index (Phi) is 3.99. The molecule has 0 radical (unpaired) electrons. The van der Waals surface area contributed by atoms with Crippen molar-refractivity contribution in [3.63, 3.8) is 0 Å². The van der Waals surface area contributed by atoms with Crippen molar-refractivity contribution in [2.45, 2.75) is 38.5 Å². The van der Waals surface area contributed by atoms with Crippen LogP contribution in [0.15, 0.2) is 24.3 Å². The zero-order valence-electron chi connectivity index (χ0n) is 10.5. The SMILES string of the molecule is CC(O)CCN1Cc2ccccc2C[C@H]1C(=O)O. The van der Waals surface area contributed by atoms with E-state index in [1.165, 1.54) is 5.56 Å². The summed E-state index contributed by atoms with van der Waals surface area (Å²) >= 11 is 0. The van der Waals surface area contributed by atoms with Crippen molar-refractivity contribution in [2.75, 3.05) is 6.54 Å². The summed E-state index contributed by atoms with van der Waals surface area (Å²) < 4.78 is 0. The highest BCUT2D eigenvalue weighted by Crippen LogP contribution is 2.23. The molecule has 2 N–H and O–H groups in total. The van der Waals surface area contributed by atoms with Crippen LogP contribution in [0.4, 0.5) is 0 Å². The summed E-state index contributed by atoms with van der Waals surface area (Å²) in [7, 11) is 0. The summed E-state index contributed by atoms with van der Waals surface area (Å²) in [5.74, 6) is -0.782. The lowest BCUT2D eigenvalue weighted by Crippen LogP contribution is -2.46. The first-order chi connectivity index (χ1) is 8.58. The molecule has 0 bridgehead atoms. The predicted molar refractivity (Wildman–Crippen MR) is 68.3 cm³/mol. The van der Waals surface area contributed by atoms with Gasteiger partial charge in [0, 0.05) is 13.1 Å². The van der Waals surface area contributed by atoms with E-state index in [1.807, 2.05) is 29.2 Å². The molecule has 0 saturated carbocycles. The van der Waals surface area contributed by atoms with Crippen LogP contribution in [0.1, 0.15) is 24.5 Å². The Morgan fingerprint density at radius 3 is 2.72 bits per heavy atom. The van der Waals surface area contributed by atoms with Crippen LogP contribution < -0.4 is 0 Å². The maximum absolute atomic E-state index is 11.3. The van der Waals surface area contributed by atoms with Gasteiger partial charge in [-0.25, -0.2) is 0 Å². The number of carboxylic acids is 1. The second-order valence-electron chi connectivity index (χ2n) is 4.94. The maximum Gasteiger partial charge on any atom is 0.321 e. The second kappa shape index (κ2) is 5.50. The van der Waals surface area contributed by atoms with Crippen molar-refractivity contribution in [1.82, 2.24) is 4.90 Å². The first kappa shape index (κ1) is 13.1. The van der Waals surface area contributed by atoms with Crippen molar-refractivity contribution in [3.05, 3.63) is 35.4 Å². The average Bonchev–Trinajstić information content (AvgIpc) is 2.35. The molecule has 2 atom stereocenters. The third kappa shape index (κ3) is 2.89. The van der Waals surface area contributed by atoms with E-state index in [0.29, 0.717) is 25.9 Å². The fraction of sp³-hybridized carbons (Fsp3) is 0.500. The topological polar surface area (TPSA) is 60.8 Å². The third-order valence-corrected chi connectivity index (χ3v) is 3.47. The number of rotatable bonds is 4. The minimum atomic E-state index is -0.782. The molecule has 1 aromatic rings. The van der Waals surface area contributed by atoms with Gasteiger partial charge in [-0.2, -0.15) is 0 Å². The molecule has 1 unspecified atom stereocenters. The van der Waals surface area contributed by atoms with Crippen molar-refractivity contribution < 1.29 is 15.0 Å². The highest BCUT2D eigenvalue weighted by atomic mass is 16.4. The molecule has 0 aliphatic carbocycles. The van der Waals surface area contributed by atoms with E-state index in [4.69, 9.17) is 0 Å². The van der Waals surface area contributed by atoms with Gasteiger partial charge in [0.2, 0.25) is 0 Å². The van der Waals surface area contributed by atoms with Gasteiger partial charge in [0.25, 0.3) is 0 Å². The zero-order chi connectivity index (χ0) is 13.1. The summed E-state index contributed by atoms with van der Waals surface area (Å²) in [5, 5.41) is 18.6. The van der Waals surface area contributed by atoms with Crippen LogP contribution in [-0.2, 0) is 17.8 Å². The van der Waals surface area contributed by atoms with Gasteiger partial charge in [-0.1, -0.05) is 24.3 Å². The summed E-state index contributed by atoms with van der Waals surface area (Å²) in [6.07, 6.45) is 0.758. The monoisotopic (exact) mass is 249 g/mol. The number of hydrogen-bond acceptors (Lipinski definition) is 3. The van der Waals surface area contributed by atoms with E-state index in [9.17, 15) is 15.0 Å². The largest absolute Gasteiger partial charge is 0.480 e. The quantitative estimate of drug-likeness (QED) is 0.843. The molecule has 2 rings (SSSR count). The summed E-state index contributed by atoms with van der Waals surface area (Å²) in [6.45, 7) is 3.00. The Balaban J connectivity index is 2.15. The lowest BCUT2D eigenvalue weighted by Gasteiger charge is -2.34. The third-order valence-electron chi connectivity index (χ3n) is 3.47. The fourth-order valence-electron chi connectivity index (χ4n) is 2.41. The fourth-order valence-corrected chi connectivity index (χ4v) is 2.41. The molecule has 4 heteroatoms. The number of nitrogens with zero attached hydrogens (tertiary/aromatic N) is 1. The molecular weight excluding hydrogens is 230 g/mol. The number of carboxylic acid groups (broad SMARTS) is 1. The number of carbonyl (C=O) groups is 1. The van der Waals surface area contributed by atoms with E-state index in [0.717, 1.165) is 5.56 Å². The molecule has 0 saturated heterocycles. The molecule has 1 aliphatic heterocycles. The van der Waals surface area contributed by atoms with Gasteiger partial charge in [-0.15, -0.1) is 0 Å². The summed E-state index contributed by atoms with van der Waals surface area (Å²) in [5.41, 5.74) is 2.32. The Labute approximate surface area is 107 Å². The standard InChI is InChI=1S/C14H19NO3/c1-10(16)6-7-15-9-12-5-3-2-4-11(12)8-13(15)14(17)18/h2-5,10,13,16H,6-9H2,1H3,(H,17,18)/t10?,13-/m0/s1. The predicted octanol–water partition coefficient (Wildman–Crippen LogP) is 1.27. The molecule has 0 spiro atoms. The number of aliphatic hydroxyl groups is 1. The van der Waals surface area contributed by atoms with Crippen LogP contribution in [0.25, 0.3) is 0 Å². The average molecular weight is 249 g/mol. The lowest BCUT2D eigenvalue weighted by atomic mass is 9.94.